The molecule has 1 aliphatic heterocycles. The third-order valence-electron chi connectivity index (χ3n) is 3.20. The van der Waals surface area contributed by atoms with Gasteiger partial charge in [-0.2, -0.15) is 0 Å². The van der Waals surface area contributed by atoms with Crippen LogP contribution >= 0.6 is 0 Å². The van der Waals surface area contributed by atoms with Gasteiger partial charge in [0, 0.05) is 43.0 Å². The van der Waals surface area contributed by atoms with Crippen molar-refractivity contribution in [2.24, 2.45) is 16.1 Å². The van der Waals surface area contributed by atoms with Crippen LogP contribution in [0.3, 0.4) is 0 Å². The maximum atomic E-state index is 6.06. The van der Waals surface area contributed by atoms with Crippen LogP contribution < -0.4 is 16.4 Å². The van der Waals surface area contributed by atoms with Gasteiger partial charge in [-0.1, -0.05) is 20.8 Å². The Hall–Kier alpha value is -1.95. The molecule has 0 bridgehead atoms. The Morgan fingerprint density at radius 1 is 1.45 bits per heavy atom. The van der Waals surface area contributed by atoms with Crippen molar-refractivity contribution in [2.45, 2.75) is 33.9 Å². The fourth-order valence-electron chi connectivity index (χ4n) is 1.75. The van der Waals surface area contributed by atoms with E-state index in [1.54, 1.807) is 7.05 Å². The summed E-state index contributed by atoms with van der Waals surface area (Å²) in [5, 5.41) is 6.35. The van der Waals surface area contributed by atoms with E-state index >= 15 is 0 Å². The zero-order chi connectivity index (χ0) is 14.8. The summed E-state index contributed by atoms with van der Waals surface area (Å²) in [5.41, 5.74) is 8.90. The van der Waals surface area contributed by atoms with Crippen LogP contribution in [0.1, 0.15) is 32.0 Å². The van der Waals surface area contributed by atoms with E-state index in [1.165, 1.54) is 0 Å². The highest BCUT2D eigenvalue weighted by Gasteiger charge is 2.16. The van der Waals surface area contributed by atoms with Crippen molar-refractivity contribution in [2.75, 3.05) is 12.4 Å². The molecule has 0 fully saturated rings. The molecule has 6 heteroatoms. The Labute approximate surface area is 119 Å². The van der Waals surface area contributed by atoms with E-state index in [2.05, 4.69) is 46.4 Å². The van der Waals surface area contributed by atoms with Gasteiger partial charge in [-0.15, -0.1) is 0 Å². The molecule has 0 spiro atoms. The van der Waals surface area contributed by atoms with Crippen LogP contribution in [-0.4, -0.2) is 22.9 Å². The highest BCUT2D eigenvalue weighted by atomic mass is 15.1. The van der Waals surface area contributed by atoms with Gasteiger partial charge in [0.15, 0.2) is 0 Å². The highest BCUT2D eigenvalue weighted by Crippen LogP contribution is 2.20. The average molecular weight is 274 g/mol. The van der Waals surface area contributed by atoms with E-state index in [9.17, 15) is 0 Å². The molecule has 20 heavy (non-hydrogen) atoms. The maximum Gasteiger partial charge on any atom is 0.228 e. The van der Waals surface area contributed by atoms with Gasteiger partial charge in [-0.25, -0.2) is 9.97 Å². The fourth-order valence-corrected chi connectivity index (χ4v) is 1.75. The van der Waals surface area contributed by atoms with Crippen LogP contribution in [0.2, 0.25) is 0 Å². The number of nitrogens with zero attached hydrogens (tertiary/aromatic N) is 3. The van der Waals surface area contributed by atoms with Gasteiger partial charge in [0.25, 0.3) is 0 Å². The molecule has 4 N–H and O–H groups in total. The quantitative estimate of drug-likeness (QED) is 0.560. The van der Waals surface area contributed by atoms with E-state index in [4.69, 9.17) is 5.73 Å². The van der Waals surface area contributed by atoms with Crippen LogP contribution in [-0.2, 0) is 13.1 Å². The number of aromatic nitrogens is 2. The van der Waals surface area contributed by atoms with Crippen molar-refractivity contribution in [1.29, 1.82) is 0 Å². The van der Waals surface area contributed by atoms with Crippen LogP contribution in [0.25, 0.3) is 0 Å². The number of hydrogen-bond acceptors (Lipinski definition) is 5. The van der Waals surface area contributed by atoms with Crippen molar-refractivity contribution in [3.8, 4) is 0 Å². The Balaban J connectivity index is 2.16. The van der Waals surface area contributed by atoms with Crippen LogP contribution in [0, 0.1) is 5.41 Å². The lowest BCUT2D eigenvalue weighted by molar-refractivity contribution is 0.498. The number of fused-ring (bicyclic) bond motifs is 1. The Morgan fingerprint density at radius 3 is 2.85 bits per heavy atom. The molecule has 6 nitrogen and oxygen atoms in total. The number of hydrogen-bond donors (Lipinski definition) is 3. The minimum Gasteiger partial charge on any atom is -0.401 e. The van der Waals surface area contributed by atoms with Gasteiger partial charge in [-0.3, -0.25) is 4.99 Å². The van der Waals surface area contributed by atoms with Crippen molar-refractivity contribution in [3.63, 3.8) is 0 Å². The van der Waals surface area contributed by atoms with Crippen LogP contribution in [0.4, 0.5) is 5.95 Å². The van der Waals surface area contributed by atoms with Crippen molar-refractivity contribution < 1.29 is 0 Å². The van der Waals surface area contributed by atoms with Crippen LogP contribution in [0.5, 0.6) is 0 Å². The van der Waals surface area contributed by atoms with Gasteiger partial charge < -0.3 is 16.4 Å². The largest absolute Gasteiger partial charge is 0.401 e. The minimum atomic E-state index is -0.0969. The minimum absolute atomic E-state index is 0.0969. The van der Waals surface area contributed by atoms with E-state index in [1.807, 2.05) is 12.3 Å². The molecule has 108 valence electrons. The highest BCUT2D eigenvalue weighted by molar-refractivity contribution is 6.03. The molecule has 0 atom stereocenters. The molecule has 0 radical (unpaired) electrons. The number of nitrogens with two attached hydrogens (primary N) is 1. The topological polar surface area (TPSA) is 88.2 Å². The monoisotopic (exact) mass is 274 g/mol. The third kappa shape index (κ3) is 3.33. The van der Waals surface area contributed by atoms with Gasteiger partial charge in [0.05, 0.1) is 5.69 Å². The molecular weight excluding hydrogens is 252 g/mol. The first-order chi connectivity index (χ1) is 9.40. The maximum absolute atomic E-state index is 6.06. The lowest BCUT2D eigenvalue weighted by Gasteiger charge is -2.19. The third-order valence-corrected chi connectivity index (χ3v) is 3.20. The molecular formula is C14H22N6. The second kappa shape index (κ2) is 5.58. The van der Waals surface area contributed by atoms with Gasteiger partial charge >= 0.3 is 0 Å². The molecule has 0 aliphatic carbocycles. The molecule has 1 aliphatic rings. The summed E-state index contributed by atoms with van der Waals surface area (Å²) in [6.45, 7) is 7.79. The first kappa shape index (κ1) is 14.5. The van der Waals surface area contributed by atoms with Gasteiger partial charge in [-0.05, 0) is 6.08 Å². The number of nitrogens with one attached hydrogen (secondary N) is 2. The normalized spacial score (nSPS) is 16.2. The average Bonchev–Trinajstić information content (AvgIpc) is 2.84. The summed E-state index contributed by atoms with van der Waals surface area (Å²) >= 11 is 0. The van der Waals surface area contributed by atoms with Gasteiger partial charge in [0.1, 0.15) is 5.84 Å². The van der Waals surface area contributed by atoms with E-state index in [0.29, 0.717) is 11.8 Å². The lowest BCUT2D eigenvalue weighted by atomic mass is 9.92. The van der Waals surface area contributed by atoms with Gasteiger partial charge in [0.2, 0.25) is 5.95 Å². The molecule has 0 saturated heterocycles. The Morgan fingerprint density at radius 2 is 2.20 bits per heavy atom. The fraction of sp³-hybridized carbons (Fsp3) is 0.500. The molecule has 0 aromatic carbocycles. The zero-order valence-corrected chi connectivity index (χ0v) is 12.5. The first-order valence-corrected chi connectivity index (χ1v) is 6.67. The molecule has 1 aromatic rings. The predicted molar refractivity (Wildman–Crippen MR) is 81.3 cm³/mol. The standard InChI is InChI=1S/C14H22N6/c1-14(2,3)11(15)5-12(16-4)20-13-18-7-9-6-17-8-10(9)19-13/h5,7,17H,6,8,15H2,1-4H3,(H,16,18,19,20). The van der Waals surface area contributed by atoms with Crippen LogP contribution in [0.15, 0.2) is 23.0 Å². The van der Waals surface area contributed by atoms with E-state index < -0.39 is 0 Å². The number of amidine groups is 1. The molecule has 1 aromatic heterocycles. The molecule has 2 heterocycles. The molecule has 0 saturated carbocycles. The second-order valence-electron chi connectivity index (χ2n) is 5.85. The summed E-state index contributed by atoms with van der Waals surface area (Å²) < 4.78 is 0. The zero-order valence-electron chi connectivity index (χ0n) is 12.5. The van der Waals surface area contributed by atoms with Crippen molar-refractivity contribution in [1.82, 2.24) is 15.3 Å². The summed E-state index contributed by atoms with van der Waals surface area (Å²) in [5.74, 6) is 1.20. The summed E-state index contributed by atoms with van der Waals surface area (Å²) in [6, 6.07) is 0. The Kier molecular flexibility index (Phi) is 4.04. The summed E-state index contributed by atoms with van der Waals surface area (Å²) in [4.78, 5) is 13.0. The lowest BCUT2D eigenvalue weighted by Crippen LogP contribution is -2.21. The molecule has 2 rings (SSSR count). The van der Waals surface area contributed by atoms with E-state index in [-0.39, 0.29) is 5.41 Å². The summed E-state index contributed by atoms with van der Waals surface area (Å²) in [7, 11) is 1.71. The van der Waals surface area contributed by atoms with Crippen molar-refractivity contribution in [3.05, 3.63) is 29.2 Å². The number of anilines is 1. The number of rotatable bonds is 2. The van der Waals surface area contributed by atoms with Crippen molar-refractivity contribution >= 4 is 11.8 Å². The molecule has 0 amide bonds. The number of allylic oxidation sites excluding steroid dienone is 1. The summed E-state index contributed by atoms with van der Waals surface area (Å²) in [6.07, 6.45) is 3.67. The second-order valence-corrected chi connectivity index (χ2v) is 5.85. The Bertz CT molecular complexity index is 553. The molecule has 0 unspecified atom stereocenters. The smallest absolute Gasteiger partial charge is 0.228 e. The predicted octanol–water partition coefficient (Wildman–Crippen LogP) is 1.41. The SMILES string of the molecule is CN=C(C=C(N)C(C)(C)C)Nc1ncc2c(n1)CNC2. The first-order valence-electron chi connectivity index (χ1n) is 6.67. The van der Waals surface area contributed by atoms with E-state index in [0.717, 1.165) is 30.0 Å². The number of aliphatic imine (C=N–C) groups is 1.